The third kappa shape index (κ3) is 3.28. The molecule has 0 saturated heterocycles. The standard InChI is InChI=1S/C11H23NO/c1-9(8-13-3)7-11(12-2)10-5-4-6-10/h9-12H,4-8H2,1-3H3. The third-order valence-electron chi connectivity index (χ3n) is 3.20. The lowest BCUT2D eigenvalue weighted by Crippen LogP contribution is -2.39. The topological polar surface area (TPSA) is 21.3 Å². The number of rotatable bonds is 6. The van der Waals surface area contributed by atoms with E-state index in [4.69, 9.17) is 4.74 Å². The lowest BCUT2D eigenvalue weighted by atomic mass is 9.77. The highest BCUT2D eigenvalue weighted by atomic mass is 16.5. The molecule has 78 valence electrons. The highest BCUT2D eigenvalue weighted by Gasteiger charge is 2.26. The fourth-order valence-electron chi connectivity index (χ4n) is 2.17. The minimum Gasteiger partial charge on any atom is -0.384 e. The van der Waals surface area contributed by atoms with Crippen molar-refractivity contribution < 1.29 is 4.74 Å². The molecule has 2 heteroatoms. The zero-order valence-electron chi connectivity index (χ0n) is 9.18. The Morgan fingerprint density at radius 2 is 2.15 bits per heavy atom. The Bertz CT molecular complexity index is 134. The van der Waals surface area contributed by atoms with Gasteiger partial charge in [0, 0.05) is 19.8 Å². The summed E-state index contributed by atoms with van der Waals surface area (Å²) in [6.07, 6.45) is 5.53. The van der Waals surface area contributed by atoms with Gasteiger partial charge in [0.05, 0.1) is 0 Å². The predicted octanol–water partition coefficient (Wildman–Crippen LogP) is 2.05. The third-order valence-corrected chi connectivity index (χ3v) is 3.20. The Morgan fingerprint density at radius 3 is 2.54 bits per heavy atom. The second-order valence-electron chi connectivity index (χ2n) is 4.38. The molecule has 0 amide bonds. The average Bonchev–Trinajstić information content (AvgIpc) is 2.00. The van der Waals surface area contributed by atoms with Crippen LogP contribution < -0.4 is 5.32 Å². The Kier molecular flexibility index (Phi) is 4.74. The van der Waals surface area contributed by atoms with Crippen LogP contribution in [0.2, 0.25) is 0 Å². The predicted molar refractivity (Wildman–Crippen MR) is 55.8 cm³/mol. The molecule has 1 aliphatic rings. The van der Waals surface area contributed by atoms with Crippen LogP contribution in [0.4, 0.5) is 0 Å². The van der Waals surface area contributed by atoms with Gasteiger partial charge in [-0.3, -0.25) is 0 Å². The van der Waals surface area contributed by atoms with E-state index in [-0.39, 0.29) is 0 Å². The molecule has 2 atom stereocenters. The van der Waals surface area contributed by atoms with Gasteiger partial charge in [-0.1, -0.05) is 13.3 Å². The Labute approximate surface area is 82.0 Å². The largest absolute Gasteiger partial charge is 0.384 e. The first-order chi connectivity index (χ1) is 6.27. The SMILES string of the molecule is CNC(CC(C)COC)C1CCC1. The summed E-state index contributed by atoms with van der Waals surface area (Å²) in [5.74, 6) is 1.62. The summed E-state index contributed by atoms with van der Waals surface area (Å²) in [5.41, 5.74) is 0. The van der Waals surface area contributed by atoms with Crippen LogP contribution in [0.3, 0.4) is 0 Å². The second kappa shape index (κ2) is 5.61. The lowest BCUT2D eigenvalue weighted by molar-refractivity contribution is 0.132. The first kappa shape index (κ1) is 11.0. The maximum atomic E-state index is 5.15. The summed E-state index contributed by atoms with van der Waals surface area (Å²) in [7, 11) is 3.87. The van der Waals surface area contributed by atoms with E-state index in [1.807, 2.05) is 0 Å². The normalized spacial score (nSPS) is 22.4. The second-order valence-corrected chi connectivity index (χ2v) is 4.38. The molecule has 2 nitrogen and oxygen atoms in total. The average molecular weight is 185 g/mol. The van der Waals surface area contributed by atoms with Crippen molar-refractivity contribution in [1.29, 1.82) is 0 Å². The van der Waals surface area contributed by atoms with Crippen molar-refractivity contribution in [3.8, 4) is 0 Å². The summed E-state index contributed by atoms with van der Waals surface area (Å²) in [5, 5.41) is 3.44. The highest BCUT2D eigenvalue weighted by Crippen LogP contribution is 2.31. The molecular formula is C11H23NO. The van der Waals surface area contributed by atoms with Crippen LogP contribution in [0, 0.1) is 11.8 Å². The van der Waals surface area contributed by atoms with E-state index >= 15 is 0 Å². The van der Waals surface area contributed by atoms with Crippen molar-refractivity contribution in [2.45, 2.75) is 38.6 Å². The molecule has 2 unspecified atom stereocenters. The first-order valence-electron chi connectivity index (χ1n) is 5.44. The van der Waals surface area contributed by atoms with Crippen molar-refractivity contribution in [2.75, 3.05) is 20.8 Å². The molecule has 1 saturated carbocycles. The van der Waals surface area contributed by atoms with E-state index < -0.39 is 0 Å². The first-order valence-corrected chi connectivity index (χ1v) is 5.44. The van der Waals surface area contributed by atoms with Crippen LogP contribution in [0.15, 0.2) is 0 Å². The van der Waals surface area contributed by atoms with Gasteiger partial charge >= 0.3 is 0 Å². The van der Waals surface area contributed by atoms with Crippen molar-refractivity contribution >= 4 is 0 Å². The summed E-state index contributed by atoms with van der Waals surface area (Å²) in [6, 6.07) is 0.721. The summed E-state index contributed by atoms with van der Waals surface area (Å²) < 4.78 is 5.15. The van der Waals surface area contributed by atoms with Gasteiger partial charge in [-0.25, -0.2) is 0 Å². The Morgan fingerprint density at radius 1 is 1.46 bits per heavy atom. The molecule has 0 aromatic carbocycles. The van der Waals surface area contributed by atoms with E-state index in [1.165, 1.54) is 25.7 Å². The van der Waals surface area contributed by atoms with Gasteiger partial charge in [-0.15, -0.1) is 0 Å². The quantitative estimate of drug-likeness (QED) is 0.684. The Hall–Kier alpha value is -0.0800. The molecular weight excluding hydrogens is 162 g/mol. The van der Waals surface area contributed by atoms with Crippen LogP contribution >= 0.6 is 0 Å². The lowest BCUT2D eigenvalue weighted by Gasteiger charge is -2.35. The molecule has 0 spiro atoms. The summed E-state index contributed by atoms with van der Waals surface area (Å²) in [6.45, 7) is 3.16. The molecule has 0 radical (unpaired) electrons. The van der Waals surface area contributed by atoms with Gasteiger partial charge in [0.25, 0.3) is 0 Å². The molecule has 0 aromatic rings. The number of methoxy groups -OCH3 is 1. The van der Waals surface area contributed by atoms with E-state index in [0.29, 0.717) is 5.92 Å². The van der Waals surface area contributed by atoms with Gasteiger partial charge in [0.2, 0.25) is 0 Å². The molecule has 0 bridgehead atoms. The minimum absolute atomic E-state index is 0.683. The zero-order valence-corrected chi connectivity index (χ0v) is 9.18. The van der Waals surface area contributed by atoms with Gasteiger partial charge in [0.1, 0.15) is 0 Å². The summed E-state index contributed by atoms with van der Waals surface area (Å²) >= 11 is 0. The molecule has 0 heterocycles. The fourth-order valence-corrected chi connectivity index (χ4v) is 2.17. The van der Waals surface area contributed by atoms with Crippen LogP contribution in [-0.2, 0) is 4.74 Å². The van der Waals surface area contributed by atoms with Crippen molar-refractivity contribution in [3.05, 3.63) is 0 Å². The number of hydrogen-bond donors (Lipinski definition) is 1. The maximum absolute atomic E-state index is 5.15. The molecule has 1 fully saturated rings. The van der Waals surface area contributed by atoms with E-state index in [9.17, 15) is 0 Å². The molecule has 13 heavy (non-hydrogen) atoms. The van der Waals surface area contributed by atoms with Crippen LogP contribution in [0.5, 0.6) is 0 Å². The van der Waals surface area contributed by atoms with Crippen LogP contribution in [0.25, 0.3) is 0 Å². The summed E-state index contributed by atoms with van der Waals surface area (Å²) in [4.78, 5) is 0. The number of ether oxygens (including phenoxy) is 1. The van der Waals surface area contributed by atoms with Crippen molar-refractivity contribution in [2.24, 2.45) is 11.8 Å². The molecule has 0 aliphatic heterocycles. The molecule has 1 rings (SSSR count). The van der Waals surface area contributed by atoms with Gasteiger partial charge in [0.15, 0.2) is 0 Å². The number of nitrogens with one attached hydrogen (secondary N) is 1. The monoisotopic (exact) mass is 185 g/mol. The van der Waals surface area contributed by atoms with Crippen molar-refractivity contribution in [3.63, 3.8) is 0 Å². The van der Waals surface area contributed by atoms with Crippen LogP contribution in [0.1, 0.15) is 32.6 Å². The minimum atomic E-state index is 0.683. The van der Waals surface area contributed by atoms with Gasteiger partial charge in [-0.05, 0) is 38.1 Å². The van der Waals surface area contributed by atoms with E-state index in [0.717, 1.165) is 18.6 Å². The van der Waals surface area contributed by atoms with Crippen LogP contribution in [-0.4, -0.2) is 26.8 Å². The van der Waals surface area contributed by atoms with Crippen molar-refractivity contribution in [1.82, 2.24) is 5.32 Å². The zero-order chi connectivity index (χ0) is 9.68. The van der Waals surface area contributed by atoms with Gasteiger partial charge < -0.3 is 10.1 Å². The van der Waals surface area contributed by atoms with Gasteiger partial charge in [-0.2, -0.15) is 0 Å². The van der Waals surface area contributed by atoms with E-state index in [1.54, 1.807) is 7.11 Å². The number of hydrogen-bond acceptors (Lipinski definition) is 2. The molecule has 1 aliphatic carbocycles. The Balaban J connectivity index is 2.21. The maximum Gasteiger partial charge on any atom is 0.0488 e. The van der Waals surface area contributed by atoms with E-state index in [2.05, 4.69) is 19.3 Å². The molecule has 1 N–H and O–H groups in total. The molecule has 0 aromatic heterocycles. The smallest absolute Gasteiger partial charge is 0.0488 e. The highest BCUT2D eigenvalue weighted by molar-refractivity contribution is 4.82. The fraction of sp³-hybridized carbons (Fsp3) is 1.00.